The lowest BCUT2D eigenvalue weighted by molar-refractivity contribution is 0.0921. The zero-order chi connectivity index (χ0) is 16.3. The van der Waals surface area contributed by atoms with E-state index in [0.717, 1.165) is 0 Å². The van der Waals surface area contributed by atoms with E-state index in [-0.39, 0.29) is 35.9 Å². The van der Waals surface area contributed by atoms with Crippen molar-refractivity contribution in [1.29, 1.82) is 0 Å². The lowest BCUT2D eigenvalue weighted by Gasteiger charge is -2.20. The number of nitrogens with one attached hydrogen (secondary N) is 1. The van der Waals surface area contributed by atoms with Gasteiger partial charge in [0.25, 0.3) is 5.91 Å². The standard InChI is InChI=1S/C13H18ClN3O4S/c1-17(2)22(19,20)8-9-6-21-7-12(9)16-13(18)11-4-3-10(14)5-15-11/h3-5,9,12H,6-8H2,1-2H3,(H,16,18)/t9-,12-/m0/s1. The third-order valence-electron chi connectivity index (χ3n) is 3.46. The molecular formula is C13H18ClN3O4S. The van der Waals surface area contributed by atoms with Gasteiger partial charge >= 0.3 is 0 Å². The van der Waals surface area contributed by atoms with Crippen molar-refractivity contribution >= 4 is 27.5 Å². The first-order valence-electron chi connectivity index (χ1n) is 6.70. The van der Waals surface area contributed by atoms with E-state index >= 15 is 0 Å². The molecule has 0 aliphatic carbocycles. The summed E-state index contributed by atoms with van der Waals surface area (Å²) < 4.78 is 30.4. The fourth-order valence-corrected chi connectivity index (χ4v) is 3.37. The van der Waals surface area contributed by atoms with E-state index in [1.54, 1.807) is 6.07 Å². The molecule has 0 spiro atoms. The number of hydrogen-bond donors (Lipinski definition) is 1. The van der Waals surface area contributed by atoms with Gasteiger partial charge in [-0.3, -0.25) is 4.79 Å². The SMILES string of the molecule is CN(C)S(=O)(=O)C[C@@H]1COC[C@@H]1NC(=O)c1ccc(Cl)cn1. The second-order valence-electron chi connectivity index (χ2n) is 5.30. The number of carbonyl (C=O) groups is 1. The van der Waals surface area contributed by atoms with E-state index in [1.165, 1.54) is 30.7 Å². The number of hydrogen-bond acceptors (Lipinski definition) is 5. The molecule has 9 heteroatoms. The smallest absolute Gasteiger partial charge is 0.270 e. The Balaban J connectivity index is 2.02. The Labute approximate surface area is 134 Å². The summed E-state index contributed by atoms with van der Waals surface area (Å²) in [4.78, 5) is 16.1. The third-order valence-corrected chi connectivity index (χ3v) is 5.64. The van der Waals surface area contributed by atoms with E-state index < -0.39 is 10.0 Å². The Hall–Kier alpha value is -1.22. The lowest BCUT2D eigenvalue weighted by atomic mass is 10.1. The van der Waals surface area contributed by atoms with Crippen molar-refractivity contribution in [3.63, 3.8) is 0 Å². The zero-order valence-electron chi connectivity index (χ0n) is 12.3. The predicted octanol–water partition coefficient (Wildman–Crippen LogP) is 0.371. The van der Waals surface area contributed by atoms with Crippen LogP contribution in [-0.4, -0.2) is 62.7 Å². The first-order chi connectivity index (χ1) is 10.3. The number of aromatic nitrogens is 1. The molecule has 1 aromatic heterocycles. The molecule has 0 saturated carbocycles. The molecule has 1 fully saturated rings. The van der Waals surface area contributed by atoms with Gasteiger partial charge in [0.1, 0.15) is 5.69 Å². The number of nitrogens with zero attached hydrogens (tertiary/aromatic N) is 2. The summed E-state index contributed by atoms with van der Waals surface area (Å²) in [5.41, 5.74) is 0.227. The van der Waals surface area contributed by atoms with Gasteiger partial charge in [0.2, 0.25) is 10.0 Å². The van der Waals surface area contributed by atoms with Gasteiger partial charge in [-0.1, -0.05) is 11.6 Å². The van der Waals surface area contributed by atoms with Crippen LogP contribution in [0.25, 0.3) is 0 Å². The molecule has 2 rings (SSSR count). The normalized spacial score (nSPS) is 22.0. The molecule has 22 heavy (non-hydrogen) atoms. The number of rotatable bonds is 5. The Morgan fingerprint density at radius 1 is 1.45 bits per heavy atom. The lowest BCUT2D eigenvalue weighted by Crippen LogP contribution is -2.43. The minimum absolute atomic E-state index is 0.0704. The van der Waals surface area contributed by atoms with E-state index in [1.807, 2.05) is 0 Å². The molecule has 7 nitrogen and oxygen atoms in total. The average Bonchev–Trinajstić information content (AvgIpc) is 2.85. The fraction of sp³-hybridized carbons (Fsp3) is 0.538. The van der Waals surface area contributed by atoms with E-state index in [9.17, 15) is 13.2 Å². The number of sulfonamides is 1. The predicted molar refractivity (Wildman–Crippen MR) is 82.3 cm³/mol. The summed E-state index contributed by atoms with van der Waals surface area (Å²) >= 11 is 5.73. The Morgan fingerprint density at radius 2 is 2.18 bits per heavy atom. The number of ether oxygens (including phenoxy) is 1. The molecule has 2 atom stereocenters. The maximum atomic E-state index is 12.1. The molecule has 1 aliphatic rings. The van der Waals surface area contributed by atoms with E-state index in [2.05, 4.69) is 10.3 Å². The molecule has 1 N–H and O–H groups in total. The van der Waals surface area contributed by atoms with Crippen LogP contribution in [0.4, 0.5) is 0 Å². The fourth-order valence-electron chi connectivity index (χ4n) is 2.09. The molecule has 0 aromatic carbocycles. The van der Waals surface area contributed by atoms with E-state index in [0.29, 0.717) is 11.6 Å². The van der Waals surface area contributed by atoms with Gasteiger partial charge in [-0.2, -0.15) is 0 Å². The number of amides is 1. The maximum absolute atomic E-state index is 12.1. The average molecular weight is 348 g/mol. The molecule has 1 amide bonds. The second-order valence-corrected chi connectivity index (χ2v) is 7.96. The highest BCUT2D eigenvalue weighted by Gasteiger charge is 2.34. The van der Waals surface area contributed by atoms with Gasteiger partial charge in [0, 0.05) is 26.2 Å². The van der Waals surface area contributed by atoms with E-state index in [4.69, 9.17) is 16.3 Å². The van der Waals surface area contributed by atoms with Crippen LogP contribution in [0, 0.1) is 5.92 Å². The molecule has 1 aliphatic heterocycles. The third kappa shape index (κ3) is 4.16. The van der Waals surface area contributed by atoms with Crippen molar-refractivity contribution in [1.82, 2.24) is 14.6 Å². The van der Waals surface area contributed by atoms with Gasteiger partial charge in [-0.05, 0) is 12.1 Å². The highest BCUT2D eigenvalue weighted by atomic mass is 35.5. The largest absolute Gasteiger partial charge is 0.379 e. The summed E-state index contributed by atoms with van der Waals surface area (Å²) in [7, 11) is -0.387. The van der Waals surface area contributed by atoms with Crippen molar-refractivity contribution in [3.8, 4) is 0 Å². The van der Waals surface area contributed by atoms with Crippen LogP contribution >= 0.6 is 11.6 Å². The van der Waals surface area contributed by atoms with Gasteiger partial charge < -0.3 is 10.1 Å². The van der Waals surface area contributed by atoms with Crippen LogP contribution in [0.2, 0.25) is 5.02 Å². The highest BCUT2D eigenvalue weighted by molar-refractivity contribution is 7.89. The van der Waals surface area contributed by atoms with Crippen LogP contribution in [0.5, 0.6) is 0 Å². The van der Waals surface area contributed by atoms with Crippen molar-refractivity contribution in [2.45, 2.75) is 6.04 Å². The number of carbonyl (C=O) groups excluding carboxylic acids is 1. The van der Waals surface area contributed by atoms with Crippen LogP contribution < -0.4 is 5.32 Å². The Bertz CT molecular complexity index is 633. The quantitative estimate of drug-likeness (QED) is 0.831. The van der Waals surface area contributed by atoms with Crippen molar-refractivity contribution in [2.24, 2.45) is 5.92 Å². The number of pyridine rings is 1. The van der Waals surface area contributed by atoms with Gasteiger partial charge in [0.15, 0.2) is 0 Å². The number of halogens is 1. The second kappa shape index (κ2) is 6.91. The molecule has 0 bridgehead atoms. The van der Waals surface area contributed by atoms with Gasteiger partial charge in [-0.15, -0.1) is 0 Å². The topological polar surface area (TPSA) is 88.6 Å². The summed E-state index contributed by atoms with van der Waals surface area (Å²) in [6, 6.07) is 2.72. The summed E-state index contributed by atoms with van der Waals surface area (Å²) in [5.74, 6) is -0.734. The molecule has 1 aromatic rings. The maximum Gasteiger partial charge on any atom is 0.270 e. The van der Waals surface area contributed by atoms with Crippen molar-refractivity contribution in [2.75, 3.05) is 33.1 Å². The summed E-state index contributed by atoms with van der Waals surface area (Å²) in [5, 5.41) is 3.21. The molecule has 122 valence electrons. The Kier molecular flexibility index (Phi) is 5.38. The van der Waals surface area contributed by atoms with Crippen LogP contribution in [-0.2, 0) is 14.8 Å². The summed E-state index contributed by atoms with van der Waals surface area (Å²) in [6.45, 7) is 0.582. The molecule has 0 unspecified atom stereocenters. The van der Waals surface area contributed by atoms with Gasteiger partial charge in [0.05, 0.1) is 30.0 Å². The first kappa shape index (κ1) is 17.1. The Morgan fingerprint density at radius 3 is 2.77 bits per heavy atom. The minimum atomic E-state index is -3.35. The molecule has 1 saturated heterocycles. The van der Waals surface area contributed by atoms with Gasteiger partial charge in [-0.25, -0.2) is 17.7 Å². The van der Waals surface area contributed by atoms with Crippen LogP contribution in [0.3, 0.4) is 0 Å². The summed E-state index contributed by atoms with van der Waals surface area (Å²) in [6.07, 6.45) is 1.38. The van der Waals surface area contributed by atoms with Crippen molar-refractivity contribution in [3.05, 3.63) is 29.0 Å². The highest BCUT2D eigenvalue weighted by Crippen LogP contribution is 2.18. The van der Waals surface area contributed by atoms with Crippen LogP contribution in [0.1, 0.15) is 10.5 Å². The molecular weight excluding hydrogens is 330 g/mol. The first-order valence-corrected chi connectivity index (χ1v) is 8.68. The minimum Gasteiger partial charge on any atom is -0.379 e. The van der Waals surface area contributed by atoms with Crippen LogP contribution in [0.15, 0.2) is 18.3 Å². The monoisotopic (exact) mass is 347 g/mol. The molecule has 0 radical (unpaired) electrons. The molecule has 2 heterocycles. The van der Waals surface area contributed by atoms with Crippen molar-refractivity contribution < 1.29 is 17.9 Å². The zero-order valence-corrected chi connectivity index (χ0v) is 13.9.